The number of aliphatic hydroxyl groups is 11. The number of carbonyl (C=O) groups excluding carboxylic acids is 1. The number of aliphatic hydroxyl groups excluding tert-OH is 11. The Morgan fingerprint density at radius 2 is 0.734 bits per heavy atom. The first-order valence-corrected chi connectivity index (χ1v) is 36.5. The Bertz CT molecular complexity index is 2080. The molecule has 3 aliphatic rings. The highest BCUT2D eigenvalue weighted by atomic mass is 16.8. The normalized spacial score (nSPS) is 27.9. The van der Waals surface area contributed by atoms with Crippen molar-refractivity contribution in [3.8, 4) is 0 Å². The van der Waals surface area contributed by atoms with E-state index in [0.29, 0.717) is 6.42 Å². The van der Waals surface area contributed by atoms with Crippen molar-refractivity contribution >= 4 is 5.91 Å². The van der Waals surface area contributed by atoms with E-state index in [1.165, 1.54) is 116 Å². The van der Waals surface area contributed by atoms with Crippen molar-refractivity contribution in [2.75, 3.05) is 26.4 Å². The third kappa shape index (κ3) is 36.5. The molecule has 94 heavy (non-hydrogen) atoms. The predicted octanol–water partition coefficient (Wildman–Crippen LogP) is 10.4. The Balaban J connectivity index is 1.32. The highest BCUT2D eigenvalue weighted by Crippen LogP contribution is 2.33. The molecule has 17 unspecified atom stereocenters. The van der Waals surface area contributed by atoms with Crippen LogP contribution < -0.4 is 5.32 Å². The van der Waals surface area contributed by atoms with Gasteiger partial charge >= 0.3 is 0 Å². The van der Waals surface area contributed by atoms with E-state index in [9.17, 15) is 61.0 Å². The van der Waals surface area contributed by atoms with Crippen molar-refractivity contribution in [2.24, 2.45) is 0 Å². The fraction of sp³-hybridized carbons (Fsp3) is 0.773. The molecule has 0 aromatic carbocycles. The molecule has 0 aromatic heterocycles. The number of nitrogens with one attached hydrogen (secondary N) is 1. The summed E-state index contributed by atoms with van der Waals surface area (Å²) in [6, 6.07) is -0.976. The second-order valence-corrected chi connectivity index (χ2v) is 25.7. The molecule has 12 N–H and O–H groups in total. The molecule has 0 aliphatic carbocycles. The van der Waals surface area contributed by atoms with Crippen molar-refractivity contribution in [1.29, 1.82) is 0 Å². The van der Waals surface area contributed by atoms with Gasteiger partial charge in [-0.25, -0.2) is 0 Å². The number of ether oxygens (including phenoxy) is 6. The summed E-state index contributed by atoms with van der Waals surface area (Å²) >= 11 is 0. The summed E-state index contributed by atoms with van der Waals surface area (Å²) in [4.78, 5) is 13.4. The average molecular weight is 1330 g/mol. The first kappa shape index (κ1) is 84.9. The van der Waals surface area contributed by atoms with Gasteiger partial charge in [0.2, 0.25) is 5.91 Å². The summed E-state index contributed by atoms with van der Waals surface area (Å²) in [5, 5.41) is 120. The number of amides is 1. The van der Waals surface area contributed by atoms with E-state index in [0.717, 1.165) is 96.3 Å². The molecule has 0 radical (unpaired) electrons. The largest absolute Gasteiger partial charge is 0.394 e. The van der Waals surface area contributed by atoms with Crippen LogP contribution in [0.25, 0.3) is 0 Å². The molecule has 3 aliphatic heterocycles. The quantitative estimate of drug-likeness (QED) is 0.0199. The lowest BCUT2D eigenvalue weighted by atomic mass is 9.96. The van der Waals surface area contributed by atoms with E-state index < -0.39 is 124 Å². The number of hydrogen-bond acceptors (Lipinski definition) is 18. The van der Waals surface area contributed by atoms with Crippen LogP contribution in [-0.4, -0.2) is 193 Å². The summed E-state index contributed by atoms with van der Waals surface area (Å²) in [6.45, 7) is 1.60. The molecular formula is C75H129NO18. The minimum absolute atomic E-state index is 0.239. The second kappa shape index (κ2) is 55.6. The minimum atomic E-state index is -1.98. The van der Waals surface area contributed by atoms with Crippen LogP contribution in [0.15, 0.2) is 97.2 Å². The van der Waals surface area contributed by atoms with Gasteiger partial charge in [0, 0.05) is 6.42 Å². The van der Waals surface area contributed by atoms with E-state index in [1.54, 1.807) is 6.08 Å². The van der Waals surface area contributed by atoms with Gasteiger partial charge in [0.1, 0.15) is 73.2 Å². The number of allylic oxidation sites excluding steroid dienone is 15. The van der Waals surface area contributed by atoms with Crippen LogP contribution in [0.2, 0.25) is 0 Å². The maximum atomic E-state index is 13.4. The van der Waals surface area contributed by atoms with Crippen LogP contribution in [0.5, 0.6) is 0 Å². The molecule has 19 nitrogen and oxygen atoms in total. The fourth-order valence-corrected chi connectivity index (χ4v) is 11.8. The lowest BCUT2D eigenvalue weighted by Gasteiger charge is -2.48. The van der Waals surface area contributed by atoms with Crippen LogP contribution in [0.3, 0.4) is 0 Å². The Hall–Kier alpha value is -3.29. The molecule has 17 atom stereocenters. The van der Waals surface area contributed by atoms with E-state index in [1.807, 2.05) is 6.08 Å². The third-order valence-corrected chi connectivity index (χ3v) is 17.6. The van der Waals surface area contributed by atoms with E-state index in [2.05, 4.69) is 104 Å². The topological polar surface area (TPSA) is 307 Å². The summed E-state index contributed by atoms with van der Waals surface area (Å²) < 4.78 is 34.3. The third-order valence-electron chi connectivity index (χ3n) is 17.6. The van der Waals surface area contributed by atoms with Gasteiger partial charge in [-0.2, -0.15) is 0 Å². The average Bonchev–Trinajstić information content (AvgIpc) is 0.794. The number of carbonyl (C=O) groups is 1. The van der Waals surface area contributed by atoms with Gasteiger partial charge in [-0.15, -0.1) is 0 Å². The van der Waals surface area contributed by atoms with Crippen LogP contribution in [0.4, 0.5) is 0 Å². The lowest BCUT2D eigenvalue weighted by Crippen LogP contribution is -2.66. The van der Waals surface area contributed by atoms with Crippen LogP contribution in [0, 0.1) is 0 Å². The Labute approximate surface area is 564 Å². The van der Waals surface area contributed by atoms with E-state index in [-0.39, 0.29) is 18.9 Å². The van der Waals surface area contributed by atoms with Crippen molar-refractivity contribution in [2.45, 2.75) is 343 Å². The molecule has 3 saturated heterocycles. The monoisotopic (exact) mass is 1330 g/mol. The van der Waals surface area contributed by atoms with E-state index in [4.69, 9.17) is 28.4 Å². The van der Waals surface area contributed by atoms with Gasteiger partial charge in [0.15, 0.2) is 18.9 Å². The standard InChI is InChI=1S/C75H129NO18/c1-3-5-7-9-11-13-15-17-18-19-20-21-22-23-24-25-26-27-28-29-30-31-32-33-34-35-36-37-38-39-40-41-43-45-47-49-51-53-63(81)76-58(59(80)52-50-48-46-44-42-16-14-12-10-8-6-4-2)57-89-73-69(87)66(84)71(61(55-78)91-73)94-75-70(88)67(85)72(62(56-79)92-75)93-74-68(86)65(83)64(82)60(54-77)90-74/h5,7,11,13,17-18,20-21,23-24,26-27,29-30,50,52,58-62,64-75,77-80,82-88H,3-4,6,8-10,12,14-16,19,22,25,28,31-49,51,53-57H2,1-2H3,(H,76,81)/b7-5-,13-11-,18-17-,21-20-,24-23-,27-26-,30-29-,52-50+. The van der Waals surface area contributed by atoms with Crippen LogP contribution in [0.1, 0.15) is 239 Å². The number of hydrogen-bond donors (Lipinski definition) is 12. The molecule has 3 rings (SSSR count). The molecular weight excluding hydrogens is 1200 g/mol. The van der Waals surface area contributed by atoms with Gasteiger partial charge in [-0.1, -0.05) is 252 Å². The Morgan fingerprint density at radius 3 is 1.15 bits per heavy atom. The molecule has 1 amide bonds. The molecule has 19 heteroatoms. The molecule has 0 spiro atoms. The zero-order valence-electron chi connectivity index (χ0n) is 57.4. The van der Waals surface area contributed by atoms with Crippen LogP contribution in [-0.2, 0) is 33.2 Å². The molecule has 3 fully saturated rings. The van der Waals surface area contributed by atoms with Gasteiger partial charge in [0.25, 0.3) is 0 Å². The Morgan fingerprint density at radius 1 is 0.394 bits per heavy atom. The smallest absolute Gasteiger partial charge is 0.220 e. The van der Waals surface area contributed by atoms with E-state index >= 15 is 0 Å². The first-order valence-electron chi connectivity index (χ1n) is 36.5. The van der Waals surface area contributed by atoms with Crippen molar-refractivity contribution in [3.63, 3.8) is 0 Å². The minimum Gasteiger partial charge on any atom is -0.394 e. The summed E-state index contributed by atoms with van der Waals surface area (Å²) in [5.74, 6) is -0.279. The lowest BCUT2D eigenvalue weighted by molar-refractivity contribution is -0.379. The molecule has 0 aromatic rings. The molecule has 3 heterocycles. The maximum absolute atomic E-state index is 13.4. The second-order valence-electron chi connectivity index (χ2n) is 25.7. The highest BCUT2D eigenvalue weighted by molar-refractivity contribution is 5.76. The van der Waals surface area contributed by atoms with Gasteiger partial charge in [-0.05, 0) is 77.0 Å². The summed E-state index contributed by atoms with van der Waals surface area (Å²) in [5.41, 5.74) is 0. The highest BCUT2D eigenvalue weighted by Gasteiger charge is 2.53. The van der Waals surface area contributed by atoms with Crippen LogP contribution >= 0.6 is 0 Å². The van der Waals surface area contributed by atoms with Gasteiger partial charge < -0.3 is 89.9 Å². The van der Waals surface area contributed by atoms with Gasteiger partial charge in [0.05, 0.1) is 38.6 Å². The number of rotatable bonds is 55. The molecule has 542 valence electrons. The van der Waals surface area contributed by atoms with Gasteiger partial charge in [-0.3, -0.25) is 4.79 Å². The van der Waals surface area contributed by atoms with Crippen molar-refractivity contribution < 1.29 is 89.4 Å². The predicted molar refractivity (Wildman–Crippen MR) is 369 cm³/mol. The van der Waals surface area contributed by atoms with Crippen molar-refractivity contribution in [1.82, 2.24) is 5.32 Å². The SMILES string of the molecule is CC/C=C\C/C=C\C/C=C\C/C=C\C/C=C\C/C=C\C/C=C\CCCCCCCCCCCCCCCCCC(=O)NC(COC1OC(CO)C(OC2OC(CO)C(OC3OC(CO)C(O)C(O)C3O)C(O)C2O)C(O)C1O)C(O)/C=C/CCCCCCCCCCCC. The molecule has 0 bridgehead atoms. The number of unbranched alkanes of at least 4 members (excludes halogenated alkanes) is 25. The fourth-order valence-electron chi connectivity index (χ4n) is 11.8. The first-order chi connectivity index (χ1) is 45.8. The molecule has 0 saturated carbocycles. The maximum Gasteiger partial charge on any atom is 0.220 e. The Kier molecular flexibility index (Phi) is 50.2. The van der Waals surface area contributed by atoms with Crippen molar-refractivity contribution in [3.05, 3.63) is 97.2 Å². The summed E-state index contributed by atoms with van der Waals surface area (Å²) in [7, 11) is 0. The zero-order chi connectivity index (χ0) is 68.2. The zero-order valence-corrected chi connectivity index (χ0v) is 57.4. The summed E-state index contributed by atoms with van der Waals surface area (Å²) in [6.07, 6.45) is 46.9.